The molecule has 1 fully saturated rings. The van der Waals surface area contributed by atoms with Gasteiger partial charge in [-0.05, 0) is 38.5 Å². The van der Waals surface area contributed by atoms with Gasteiger partial charge in [0.1, 0.15) is 5.75 Å². The van der Waals surface area contributed by atoms with Crippen LogP contribution in [0.15, 0.2) is 29.3 Å². The number of sulfone groups is 1. The van der Waals surface area contributed by atoms with E-state index in [9.17, 15) is 13.2 Å². The molecule has 3 N–H and O–H groups in total. The number of benzene rings is 1. The molecule has 0 aliphatic carbocycles. The summed E-state index contributed by atoms with van der Waals surface area (Å²) in [6.45, 7) is 7.19. The number of aliphatic imine (C=N–C) groups is 1. The highest BCUT2D eigenvalue weighted by Gasteiger charge is 2.40. The second kappa shape index (κ2) is 10.3. The van der Waals surface area contributed by atoms with Gasteiger partial charge in [0, 0.05) is 19.6 Å². The van der Waals surface area contributed by atoms with Crippen molar-refractivity contribution in [2.45, 2.75) is 32.1 Å². The van der Waals surface area contributed by atoms with Crippen LogP contribution in [0.3, 0.4) is 0 Å². The first-order valence-electron chi connectivity index (χ1n) is 8.90. The second-order valence-electron chi connectivity index (χ2n) is 7.07. The lowest BCUT2D eigenvalue weighted by atomic mass is 10.2. The number of hydrogen-bond acceptors (Lipinski definition) is 5. The van der Waals surface area contributed by atoms with Gasteiger partial charge < -0.3 is 20.7 Å². The summed E-state index contributed by atoms with van der Waals surface area (Å²) in [4.78, 5) is 17.5. The molecule has 0 unspecified atom stereocenters. The Kier molecular flexibility index (Phi) is 8.99. The molecule has 10 heteroatoms. The van der Waals surface area contributed by atoms with E-state index in [0.717, 1.165) is 5.56 Å². The first kappa shape index (κ1) is 24.5. The number of amides is 1. The molecule has 1 aliphatic heterocycles. The number of nitrogens with two attached hydrogens (primary N) is 1. The molecule has 0 spiro atoms. The normalized spacial score (nSPS) is 18.1. The zero-order valence-corrected chi connectivity index (χ0v) is 19.6. The van der Waals surface area contributed by atoms with Gasteiger partial charge in [-0.25, -0.2) is 13.4 Å². The predicted molar refractivity (Wildman–Crippen MR) is 121 cm³/mol. The standard InChI is InChI=1S/C18H28N4O4S.HI/c1-4-20-17(22-8-9-27(24,25)18(2,3)13-22)21-11-14-6-5-7-15(10-14)26-12-16(19)23;/h5-7,10H,4,8-9,11-13H2,1-3H3,(H2,19,23)(H,20,21);1H. The Labute approximate surface area is 183 Å². The number of rotatable bonds is 6. The van der Waals surface area contributed by atoms with E-state index < -0.39 is 20.5 Å². The number of nitrogens with one attached hydrogen (secondary N) is 1. The van der Waals surface area contributed by atoms with Gasteiger partial charge in [0.25, 0.3) is 5.91 Å². The highest BCUT2D eigenvalue weighted by atomic mass is 127. The van der Waals surface area contributed by atoms with Crippen LogP contribution in [0.4, 0.5) is 0 Å². The van der Waals surface area contributed by atoms with Crippen molar-refractivity contribution >= 4 is 45.7 Å². The fraction of sp³-hybridized carbons (Fsp3) is 0.556. The SMILES string of the molecule is CCNC(=NCc1cccc(OCC(N)=O)c1)N1CCS(=O)(=O)C(C)(C)C1.I. The van der Waals surface area contributed by atoms with E-state index in [0.29, 0.717) is 37.9 Å². The lowest BCUT2D eigenvalue weighted by Crippen LogP contribution is -2.57. The van der Waals surface area contributed by atoms with Crippen molar-refractivity contribution in [3.05, 3.63) is 29.8 Å². The molecular formula is C18H29IN4O4S. The third-order valence-electron chi connectivity index (χ3n) is 4.37. The third-order valence-corrected chi connectivity index (χ3v) is 6.90. The van der Waals surface area contributed by atoms with Crippen LogP contribution in [-0.2, 0) is 21.2 Å². The summed E-state index contributed by atoms with van der Waals surface area (Å²) in [5.41, 5.74) is 6.00. The van der Waals surface area contributed by atoms with Gasteiger partial charge in [-0.1, -0.05) is 12.1 Å². The van der Waals surface area contributed by atoms with Crippen molar-refractivity contribution in [2.24, 2.45) is 10.7 Å². The van der Waals surface area contributed by atoms with Crippen molar-refractivity contribution in [3.8, 4) is 5.75 Å². The Balaban J connectivity index is 0.00000392. The maximum absolute atomic E-state index is 12.2. The van der Waals surface area contributed by atoms with Crippen LogP contribution in [-0.4, -0.2) is 61.9 Å². The highest BCUT2D eigenvalue weighted by molar-refractivity contribution is 14.0. The summed E-state index contributed by atoms with van der Waals surface area (Å²) in [5, 5.41) is 3.23. The second-order valence-corrected chi connectivity index (χ2v) is 9.82. The lowest BCUT2D eigenvalue weighted by Gasteiger charge is -2.39. The minimum atomic E-state index is -3.11. The molecule has 2 rings (SSSR count). The van der Waals surface area contributed by atoms with E-state index in [-0.39, 0.29) is 36.3 Å². The van der Waals surface area contributed by atoms with E-state index in [2.05, 4.69) is 10.3 Å². The highest BCUT2D eigenvalue weighted by Crippen LogP contribution is 2.24. The van der Waals surface area contributed by atoms with Gasteiger partial charge in [0.05, 0.1) is 17.0 Å². The molecule has 1 heterocycles. The average molecular weight is 524 g/mol. The quantitative estimate of drug-likeness (QED) is 0.328. The van der Waals surface area contributed by atoms with E-state index in [4.69, 9.17) is 10.5 Å². The van der Waals surface area contributed by atoms with Crippen LogP contribution in [0.2, 0.25) is 0 Å². The van der Waals surface area contributed by atoms with Crippen molar-refractivity contribution < 1.29 is 17.9 Å². The molecule has 28 heavy (non-hydrogen) atoms. The van der Waals surface area contributed by atoms with E-state index in [1.54, 1.807) is 26.0 Å². The number of nitrogens with zero attached hydrogens (tertiary/aromatic N) is 2. The third kappa shape index (κ3) is 6.50. The predicted octanol–water partition coefficient (Wildman–Crippen LogP) is 1.14. The summed E-state index contributed by atoms with van der Waals surface area (Å²) in [6.07, 6.45) is 0. The number of primary amides is 1. The number of ether oxygens (including phenoxy) is 1. The van der Waals surface area contributed by atoms with Crippen molar-refractivity contribution in [1.29, 1.82) is 0 Å². The summed E-state index contributed by atoms with van der Waals surface area (Å²) in [5.74, 6) is 0.817. The molecule has 1 aliphatic rings. The van der Waals surface area contributed by atoms with Gasteiger partial charge >= 0.3 is 0 Å². The molecule has 1 saturated heterocycles. The molecule has 0 bridgehead atoms. The van der Waals surface area contributed by atoms with E-state index in [1.165, 1.54) is 0 Å². The molecule has 0 aromatic heterocycles. The van der Waals surface area contributed by atoms with E-state index in [1.807, 2.05) is 24.0 Å². The van der Waals surface area contributed by atoms with Gasteiger partial charge in [-0.2, -0.15) is 0 Å². The molecule has 0 radical (unpaired) electrons. The topological polar surface area (TPSA) is 114 Å². The first-order chi connectivity index (χ1) is 12.6. The molecule has 0 atom stereocenters. The summed E-state index contributed by atoms with van der Waals surface area (Å²) in [7, 11) is -3.11. The van der Waals surface area contributed by atoms with Crippen molar-refractivity contribution in [1.82, 2.24) is 10.2 Å². The monoisotopic (exact) mass is 524 g/mol. The molecule has 8 nitrogen and oxygen atoms in total. The minimum absolute atomic E-state index is 0. The summed E-state index contributed by atoms with van der Waals surface area (Å²) in [6, 6.07) is 7.29. The Bertz CT molecular complexity index is 812. The van der Waals surface area contributed by atoms with Crippen LogP contribution in [0.1, 0.15) is 26.3 Å². The smallest absolute Gasteiger partial charge is 0.255 e. The van der Waals surface area contributed by atoms with Crippen molar-refractivity contribution in [3.63, 3.8) is 0 Å². The Morgan fingerprint density at radius 2 is 2.11 bits per heavy atom. The molecule has 1 aromatic carbocycles. The fourth-order valence-electron chi connectivity index (χ4n) is 2.80. The zero-order chi connectivity index (χ0) is 20.1. The number of carbonyl (C=O) groups excluding carboxylic acids is 1. The number of hydrogen-bond donors (Lipinski definition) is 2. The van der Waals surface area contributed by atoms with Gasteiger partial charge in [0.15, 0.2) is 22.4 Å². The first-order valence-corrected chi connectivity index (χ1v) is 10.6. The number of halogens is 1. The largest absolute Gasteiger partial charge is 0.484 e. The van der Waals surface area contributed by atoms with Gasteiger partial charge in [-0.15, -0.1) is 24.0 Å². The average Bonchev–Trinajstić information content (AvgIpc) is 2.59. The van der Waals surface area contributed by atoms with E-state index >= 15 is 0 Å². The Hall–Kier alpha value is -1.56. The maximum atomic E-state index is 12.2. The van der Waals surface area contributed by atoms with Crippen molar-refractivity contribution in [2.75, 3.05) is 32.0 Å². The van der Waals surface area contributed by atoms with Crippen LogP contribution in [0.5, 0.6) is 5.75 Å². The van der Waals surface area contributed by atoms with Crippen LogP contribution in [0, 0.1) is 0 Å². The molecule has 158 valence electrons. The Morgan fingerprint density at radius 1 is 1.39 bits per heavy atom. The molecule has 0 saturated carbocycles. The fourth-order valence-corrected chi connectivity index (χ4v) is 4.17. The molecular weight excluding hydrogens is 495 g/mol. The van der Waals surface area contributed by atoms with Crippen LogP contribution >= 0.6 is 24.0 Å². The minimum Gasteiger partial charge on any atom is -0.484 e. The summed E-state index contributed by atoms with van der Waals surface area (Å²) < 4.78 is 28.9. The zero-order valence-electron chi connectivity index (χ0n) is 16.5. The lowest BCUT2D eigenvalue weighted by molar-refractivity contribution is -0.119. The molecule has 1 amide bonds. The van der Waals surface area contributed by atoms with Gasteiger partial charge in [-0.3, -0.25) is 4.79 Å². The molecule has 1 aromatic rings. The number of carbonyl (C=O) groups is 1. The van der Waals surface area contributed by atoms with Crippen LogP contribution < -0.4 is 15.8 Å². The van der Waals surface area contributed by atoms with Gasteiger partial charge in [0.2, 0.25) is 0 Å². The summed E-state index contributed by atoms with van der Waals surface area (Å²) >= 11 is 0. The Morgan fingerprint density at radius 3 is 2.71 bits per heavy atom. The number of guanidine groups is 1. The van der Waals surface area contributed by atoms with Crippen LogP contribution in [0.25, 0.3) is 0 Å². The maximum Gasteiger partial charge on any atom is 0.255 e.